The standard InChI is InChI=1S/C16H30N2O2/c1-5-14(2)13-16(19)18-10-7-15(8-11-18)20-12-6-9-17(3)4/h13,15H,5-12H2,1-4H3. The van der Waals surface area contributed by atoms with Crippen molar-refractivity contribution in [3.8, 4) is 0 Å². The molecule has 1 aliphatic rings. The van der Waals surface area contributed by atoms with Gasteiger partial charge >= 0.3 is 0 Å². The van der Waals surface area contributed by atoms with E-state index in [9.17, 15) is 4.79 Å². The van der Waals surface area contributed by atoms with E-state index in [0.29, 0.717) is 6.10 Å². The molecule has 0 radical (unpaired) electrons. The molecule has 0 aromatic rings. The third-order valence-electron chi connectivity index (χ3n) is 3.78. The zero-order chi connectivity index (χ0) is 15.0. The van der Waals surface area contributed by atoms with Gasteiger partial charge in [-0.25, -0.2) is 0 Å². The highest BCUT2D eigenvalue weighted by Crippen LogP contribution is 2.15. The number of likely N-dealkylation sites (tertiary alicyclic amines) is 1. The van der Waals surface area contributed by atoms with Crippen LogP contribution in [0.3, 0.4) is 0 Å². The van der Waals surface area contributed by atoms with Crippen LogP contribution in [0.5, 0.6) is 0 Å². The number of piperidine rings is 1. The molecule has 1 amide bonds. The first-order chi connectivity index (χ1) is 9.52. The smallest absolute Gasteiger partial charge is 0.246 e. The Kier molecular flexibility index (Phi) is 7.85. The fourth-order valence-electron chi connectivity index (χ4n) is 2.28. The summed E-state index contributed by atoms with van der Waals surface area (Å²) in [6, 6.07) is 0. The van der Waals surface area contributed by atoms with E-state index in [1.807, 2.05) is 11.8 Å². The molecule has 0 bridgehead atoms. The number of amides is 1. The van der Waals surface area contributed by atoms with Crippen LogP contribution >= 0.6 is 0 Å². The molecule has 0 spiro atoms. The maximum atomic E-state index is 12.0. The van der Waals surface area contributed by atoms with Gasteiger partial charge in [0.05, 0.1) is 6.10 Å². The lowest BCUT2D eigenvalue weighted by molar-refractivity contribution is -0.128. The van der Waals surface area contributed by atoms with Crippen molar-refractivity contribution in [2.45, 2.75) is 45.6 Å². The van der Waals surface area contributed by atoms with Crippen molar-refractivity contribution < 1.29 is 9.53 Å². The molecule has 4 heteroatoms. The van der Waals surface area contributed by atoms with Gasteiger partial charge in [-0.1, -0.05) is 12.5 Å². The number of allylic oxidation sites excluding steroid dienone is 1. The number of ether oxygens (including phenoxy) is 1. The van der Waals surface area contributed by atoms with Gasteiger partial charge < -0.3 is 14.5 Å². The molecule has 1 heterocycles. The molecule has 1 saturated heterocycles. The van der Waals surface area contributed by atoms with Crippen molar-refractivity contribution >= 4 is 5.91 Å². The summed E-state index contributed by atoms with van der Waals surface area (Å²) in [7, 11) is 4.16. The normalized spacial score (nSPS) is 17.9. The topological polar surface area (TPSA) is 32.8 Å². The second kappa shape index (κ2) is 9.14. The Balaban J connectivity index is 2.21. The van der Waals surface area contributed by atoms with Gasteiger partial charge in [0, 0.05) is 25.8 Å². The predicted molar refractivity (Wildman–Crippen MR) is 82.8 cm³/mol. The van der Waals surface area contributed by atoms with E-state index in [2.05, 4.69) is 25.9 Å². The lowest BCUT2D eigenvalue weighted by atomic mass is 10.1. The van der Waals surface area contributed by atoms with E-state index in [4.69, 9.17) is 4.74 Å². The van der Waals surface area contributed by atoms with Crippen LogP contribution in [-0.2, 0) is 9.53 Å². The van der Waals surface area contributed by atoms with Crippen molar-refractivity contribution in [3.05, 3.63) is 11.6 Å². The Morgan fingerprint density at radius 3 is 2.55 bits per heavy atom. The molecule has 0 aromatic carbocycles. The zero-order valence-corrected chi connectivity index (χ0v) is 13.5. The number of hydrogen-bond donors (Lipinski definition) is 0. The third kappa shape index (κ3) is 6.53. The van der Waals surface area contributed by atoms with Crippen LogP contribution in [-0.4, -0.2) is 62.1 Å². The average molecular weight is 282 g/mol. The van der Waals surface area contributed by atoms with E-state index in [1.54, 1.807) is 6.08 Å². The molecule has 0 aromatic heterocycles. The fourth-order valence-corrected chi connectivity index (χ4v) is 2.28. The maximum Gasteiger partial charge on any atom is 0.246 e. The third-order valence-corrected chi connectivity index (χ3v) is 3.78. The van der Waals surface area contributed by atoms with E-state index < -0.39 is 0 Å². The number of carbonyl (C=O) groups excluding carboxylic acids is 1. The van der Waals surface area contributed by atoms with E-state index >= 15 is 0 Å². The SMILES string of the molecule is CCC(C)=CC(=O)N1CCC(OCCCN(C)C)CC1. The van der Waals surface area contributed by atoms with Gasteiger partial charge in [0.1, 0.15) is 0 Å². The quantitative estimate of drug-likeness (QED) is 0.530. The van der Waals surface area contributed by atoms with Crippen molar-refractivity contribution in [1.29, 1.82) is 0 Å². The molecular formula is C16H30N2O2. The van der Waals surface area contributed by atoms with E-state index in [1.165, 1.54) is 0 Å². The number of hydrogen-bond acceptors (Lipinski definition) is 3. The van der Waals surface area contributed by atoms with Gasteiger partial charge in [-0.15, -0.1) is 0 Å². The lowest BCUT2D eigenvalue weighted by Crippen LogP contribution is -2.40. The summed E-state index contributed by atoms with van der Waals surface area (Å²) >= 11 is 0. The van der Waals surface area contributed by atoms with Gasteiger partial charge in [0.2, 0.25) is 5.91 Å². The Morgan fingerprint density at radius 2 is 2.00 bits per heavy atom. The molecule has 0 atom stereocenters. The van der Waals surface area contributed by atoms with Crippen LogP contribution in [0.25, 0.3) is 0 Å². The summed E-state index contributed by atoms with van der Waals surface area (Å²) < 4.78 is 5.88. The molecule has 0 N–H and O–H groups in total. The number of rotatable bonds is 7. The summed E-state index contributed by atoms with van der Waals surface area (Å²) in [5.41, 5.74) is 1.15. The Bertz CT molecular complexity index is 318. The minimum Gasteiger partial charge on any atom is -0.378 e. The van der Waals surface area contributed by atoms with Crippen molar-refractivity contribution in [2.75, 3.05) is 40.3 Å². The minimum absolute atomic E-state index is 0.162. The van der Waals surface area contributed by atoms with Crippen LogP contribution in [0.15, 0.2) is 11.6 Å². The van der Waals surface area contributed by atoms with Crippen LogP contribution in [0.4, 0.5) is 0 Å². The van der Waals surface area contributed by atoms with Crippen molar-refractivity contribution in [2.24, 2.45) is 0 Å². The summed E-state index contributed by atoms with van der Waals surface area (Å²) in [6.07, 6.45) is 6.05. The zero-order valence-electron chi connectivity index (χ0n) is 13.5. The van der Waals surface area contributed by atoms with Gasteiger partial charge in [-0.05, 0) is 53.2 Å². The second-order valence-electron chi connectivity index (χ2n) is 5.90. The Labute approximate surface area is 123 Å². The maximum absolute atomic E-state index is 12.0. The summed E-state index contributed by atoms with van der Waals surface area (Å²) in [5, 5.41) is 0. The molecule has 0 aliphatic carbocycles. The highest BCUT2D eigenvalue weighted by atomic mass is 16.5. The lowest BCUT2D eigenvalue weighted by Gasteiger charge is -2.31. The largest absolute Gasteiger partial charge is 0.378 e. The minimum atomic E-state index is 0.162. The molecule has 1 aliphatic heterocycles. The van der Waals surface area contributed by atoms with Gasteiger partial charge in [-0.2, -0.15) is 0 Å². The van der Waals surface area contributed by atoms with Crippen molar-refractivity contribution in [3.63, 3.8) is 0 Å². The van der Waals surface area contributed by atoms with Crippen LogP contribution in [0.2, 0.25) is 0 Å². The average Bonchev–Trinajstić information content (AvgIpc) is 2.43. The molecule has 20 heavy (non-hydrogen) atoms. The highest BCUT2D eigenvalue weighted by molar-refractivity contribution is 5.88. The predicted octanol–water partition coefficient (Wildman–Crippen LogP) is 2.30. The summed E-state index contributed by atoms with van der Waals surface area (Å²) in [6.45, 7) is 7.63. The van der Waals surface area contributed by atoms with Gasteiger partial charge in [0.25, 0.3) is 0 Å². The van der Waals surface area contributed by atoms with E-state index in [-0.39, 0.29) is 5.91 Å². The van der Waals surface area contributed by atoms with Gasteiger partial charge in [0.15, 0.2) is 0 Å². The molecule has 0 saturated carbocycles. The molecule has 4 nitrogen and oxygen atoms in total. The van der Waals surface area contributed by atoms with Crippen LogP contribution in [0, 0.1) is 0 Å². The Hall–Kier alpha value is -0.870. The first kappa shape index (κ1) is 17.2. The molecule has 116 valence electrons. The monoisotopic (exact) mass is 282 g/mol. The Morgan fingerprint density at radius 1 is 1.35 bits per heavy atom. The summed E-state index contributed by atoms with van der Waals surface area (Å²) in [4.78, 5) is 16.1. The number of carbonyl (C=O) groups is 1. The molecule has 1 rings (SSSR count). The molecule has 1 fully saturated rings. The highest BCUT2D eigenvalue weighted by Gasteiger charge is 2.21. The van der Waals surface area contributed by atoms with Crippen LogP contribution < -0.4 is 0 Å². The molecular weight excluding hydrogens is 252 g/mol. The second-order valence-corrected chi connectivity index (χ2v) is 5.90. The fraction of sp³-hybridized carbons (Fsp3) is 0.812. The number of nitrogens with zero attached hydrogens (tertiary/aromatic N) is 2. The first-order valence-electron chi connectivity index (χ1n) is 7.75. The van der Waals surface area contributed by atoms with Crippen molar-refractivity contribution in [1.82, 2.24) is 9.80 Å². The first-order valence-corrected chi connectivity index (χ1v) is 7.75. The molecule has 0 unspecified atom stereocenters. The van der Waals surface area contributed by atoms with E-state index in [0.717, 1.165) is 57.5 Å². The van der Waals surface area contributed by atoms with Gasteiger partial charge in [-0.3, -0.25) is 4.79 Å². The summed E-state index contributed by atoms with van der Waals surface area (Å²) in [5.74, 6) is 0.162. The van der Waals surface area contributed by atoms with Crippen LogP contribution in [0.1, 0.15) is 39.5 Å².